The van der Waals surface area contributed by atoms with Crippen LogP contribution in [-0.2, 0) is 9.59 Å². The Kier molecular flexibility index (Phi) is 10.9. The van der Waals surface area contributed by atoms with Gasteiger partial charge in [0, 0.05) is 0 Å². The van der Waals surface area contributed by atoms with Gasteiger partial charge in [0.15, 0.2) is 23.0 Å². The van der Waals surface area contributed by atoms with Crippen molar-refractivity contribution in [2.24, 2.45) is 10.2 Å². The molecule has 188 valence electrons. The van der Waals surface area contributed by atoms with E-state index in [1.54, 1.807) is 64.5 Å². The Morgan fingerprint density at radius 3 is 1.43 bits per heavy atom. The van der Waals surface area contributed by atoms with Crippen molar-refractivity contribution in [3.05, 3.63) is 47.5 Å². The average molecular weight is 503 g/mol. The van der Waals surface area contributed by atoms with Gasteiger partial charge in [0.2, 0.25) is 0 Å². The highest BCUT2D eigenvalue weighted by molar-refractivity contribution is 8.01. The summed E-state index contributed by atoms with van der Waals surface area (Å²) < 4.78 is 20.9. The maximum absolute atomic E-state index is 12.4. The summed E-state index contributed by atoms with van der Waals surface area (Å²) in [6.07, 6.45) is 2.99. The monoisotopic (exact) mass is 502 g/mol. The van der Waals surface area contributed by atoms with Gasteiger partial charge < -0.3 is 18.9 Å². The molecule has 2 rings (SSSR count). The number of carbonyl (C=O) groups excluding carboxylic acids is 2. The van der Waals surface area contributed by atoms with Crippen LogP contribution in [0.4, 0.5) is 0 Å². The van der Waals surface area contributed by atoms with Gasteiger partial charge in [0.1, 0.15) is 0 Å². The number of hydrazone groups is 2. The minimum absolute atomic E-state index is 0.333. The fourth-order valence-electron chi connectivity index (χ4n) is 2.82. The molecule has 0 saturated carbocycles. The minimum atomic E-state index is -0.520. The summed E-state index contributed by atoms with van der Waals surface area (Å²) in [4.78, 5) is 24.7. The van der Waals surface area contributed by atoms with Gasteiger partial charge >= 0.3 is 0 Å². The van der Waals surface area contributed by atoms with E-state index < -0.39 is 10.5 Å². The van der Waals surface area contributed by atoms with E-state index in [2.05, 4.69) is 21.1 Å². The zero-order valence-corrected chi connectivity index (χ0v) is 21.3. The molecule has 0 aliphatic rings. The summed E-state index contributed by atoms with van der Waals surface area (Å²) in [5.74, 6) is 1.64. The van der Waals surface area contributed by atoms with Gasteiger partial charge in [0.25, 0.3) is 11.8 Å². The SMILES string of the molecule is COc1ccc(/C=N\NC(=O)[C@H](C)S[C@@H](C)C(=O)N/N=C/c2ccc(OC)c(OC)c2)cc1OC. The fourth-order valence-corrected chi connectivity index (χ4v) is 3.78. The number of hydrogen-bond donors (Lipinski definition) is 2. The second kappa shape index (κ2) is 13.9. The Hall–Kier alpha value is -3.73. The molecule has 2 N–H and O–H groups in total. The van der Waals surface area contributed by atoms with E-state index in [0.717, 1.165) is 11.1 Å². The molecule has 2 atom stereocenters. The molecule has 2 aromatic carbocycles. The van der Waals surface area contributed by atoms with Crippen LogP contribution in [-0.4, -0.2) is 63.2 Å². The Bertz CT molecular complexity index is 992. The Morgan fingerprint density at radius 2 is 1.09 bits per heavy atom. The lowest BCUT2D eigenvalue weighted by Gasteiger charge is -2.14. The molecular weight excluding hydrogens is 472 g/mol. The topological polar surface area (TPSA) is 120 Å². The lowest BCUT2D eigenvalue weighted by molar-refractivity contribution is -0.120. The third-order valence-corrected chi connectivity index (χ3v) is 5.98. The standard InChI is InChI=1S/C24H30N4O6S/c1-15(23(29)27-25-13-17-7-9-19(31-3)21(11-17)33-5)35-16(2)24(30)28-26-14-18-8-10-20(32-4)22(12-18)34-6/h7-16H,1-6H3,(H,27,29)(H,28,30)/b25-13-,26-14+/t15-,16-/m0/s1. The lowest BCUT2D eigenvalue weighted by Crippen LogP contribution is -2.33. The maximum Gasteiger partial charge on any atom is 0.252 e. The molecule has 35 heavy (non-hydrogen) atoms. The quantitative estimate of drug-likeness (QED) is 0.338. The van der Waals surface area contributed by atoms with Gasteiger partial charge in [-0.1, -0.05) is 0 Å². The molecule has 0 unspecified atom stereocenters. The Balaban J connectivity index is 1.84. The van der Waals surface area contributed by atoms with Crippen molar-refractivity contribution in [3.63, 3.8) is 0 Å². The van der Waals surface area contributed by atoms with E-state index in [1.807, 2.05) is 0 Å². The number of hydrogen-bond acceptors (Lipinski definition) is 9. The summed E-state index contributed by atoms with van der Waals surface area (Å²) in [6, 6.07) is 10.5. The van der Waals surface area contributed by atoms with Crippen molar-refractivity contribution in [2.45, 2.75) is 24.3 Å². The van der Waals surface area contributed by atoms with E-state index in [0.29, 0.717) is 23.0 Å². The van der Waals surface area contributed by atoms with Crippen molar-refractivity contribution in [1.82, 2.24) is 10.9 Å². The zero-order valence-electron chi connectivity index (χ0n) is 20.5. The van der Waals surface area contributed by atoms with Gasteiger partial charge in [-0.2, -0.15) is 10.2 Å². The molecule has 11 heteroatoms. The molecule has 0 aromatic heterocycles. The van der Waals surface area contributed by atoms with Crippen LogP contribution in [0.1, 0.15) is 25.0 Å². The summed E-state index contributed by atoms with van der Waals surface area (Å²) in [5.41, 5.74) is 6.41. The highest BCUT2D eigenvalue weighted by atomic mass is 32.2. The molecule has 0 fully saturated rings. The Morgan fingerprint density at radius 1 is 0.714 bits per heavy atom. The number of methoxy groups -OCH3 is 4. The normalized spacial score (nSPS) is 12.7. The first-order valence-corrected chi connectivity index (χ1v) is 11.5. The van der Waals surface area contributed by atoms with Gasteiger partial charge in [-0.15, -0.1) is 11.8 Å². The van der Waals surface area contributed by atoms with Crippen molar-refractivity contribution in [2.75, 3.05) is 28.4 Å². The lowest BCUT2D eigenvalue weighted by atomic mass is 10.2. The molecule has 0 heterocycles. The van der Waals surface area contributed by atoms with Crippen LogP contribution in [0, 0.1) is 0 Å². The fraction of sp³-hybridized carbons (Fsp3) is 0.333. The molecule has 2 amide bonds. The highest BCUT2D eigenvalue weighted by Gasteiger charge is 2.21. The molecule has 0 aliphatic heterocycles. The number of carbonyl (C=O) groups is 2. The molecule has 0 spiro atoms. The first-order valence-electron chi connectivity index (χ1n) is 10.6. The molecule has 0 aliphatic carbocycles. The molecular formula is C24H30N4O6S. The predicted molar refractivity (Wildman–Crippen MR) is 137 cm³/mol. The molecule has 0 radical (unpaired) electrons. The summed E-state index contributed by atoms with van der Waals surface area (Å²) >= 11 is 1.19. The van der Waals surface area contributed by atoms with Crippen LogP contribution in [0.2, 0.25) is 0 Å². The predicted octanol–water partition coefficient (Wildman–Crippen LogP) is 2.83. The van der Waals surface area contributed by atoms with Crippen molar-refractivity contribution in [1.29, 1.82) is 0 Å². The second-order valence-electron chi connectivity index (χ2n) is 7.12. The van der Waals surface area contributed by atoms with Crippen molar-refractivity contribution in [3.8, 4) is 23.0 Å². The number of nitrogens with zero attached hydrogens (tertiary/aromatic N) is 2. The third-order valence-electron chi connectivity index (χ3n) is 4.74. The number of amides is 2. The van der Waals surface area contributed by atoms with Crippen molar-refractivity contribution >= 4 is 36.0 Å². The smallest absolute Gasteiger partial charge is 0.252 e. The van der Waals surface area contributed by atoms with Crippen LogP contribution in [0.5, 0.6) is 23.0 Å². The molecule has 0 bridgehead atoms. The first kappa shape index (κ1) is 27.5. The van der Waals surface area contributed by atoms with Gasteiger partial charge in [0.05, 0.1) is 51.4 Å². The minimum Gasteiger partial charge on any atom is -0.493 e. The number of nitrogens with one attached hydrogen (secondary N) is 2. The second-order valence-corrected chi connectivity index (χ2v) is 8.80. The zero-order chi connectivity index (χ0) is 25.8. The van der Waals surface area contributed by atoms with E-state index in [-0.39, 0.29) is 11.8 Å². The first-order chi connectivity index (χ1) is 16.8. The third kappa shape index (κ3) is 8.21. The van der Waals surface area contributed by atoms with Crippen LogP contribution in [0.25, 0.3) is 0 Å². The molecule has 10 nitrogen and oxygen atoms in total. The van der Waals surface area contributed by atoms with E-state index >= 15 is 0 Å². The van der Waals surface area contributed by atoms with E-state index in [9.17, 15) is 9.59 Å². The number of rotatable bonds is 12. The summed E-state index contributed by atoms with van der Waals surface area (Å²) in [6.45, 7) is 3.39. The van der Waals surface area contributed by atoms with E-state index in [4.69, 9.17) is 18.9 Å². The maximum atomic E-state index is 12.4. The number of benzene rings is 2. The van der Waals surface area contributed by atoms with Crippen LogP contribution < -0.4 is 29.8 Å². The van der Waals surface area contributed by atoms with Crippen LogP contribution >= 0.6 is 11.8 Å². The average Bonchev–Trinajstić information content (AvgIpc) is 2.87. The van der Waals surface area contributed by atoms with Gasteiger partial charge in [-0.25, -0.2) is 10.9 Å². The number of thioether (sulfide) groups is 1. The van der Waals surface area contributed by atoms with Crippen molar-refractivity contribution < 1.29 is 28.5 Å². The van der Waals surface area contributed by atoms with Crippen LogP contribution in [0.15, 0.2) is 46.6 Å². The van der Waals surface area contributed by atoms with Gasteiger partial charge in [-0.05, 0) is 61.4 Å². The summed E-state index contributed by atoms with van der Waals surface area (Å²) in [5, 5.41) is 6.92. The Labute approximate surface area is 209 Å². The number of ether oxygens (including phenoxy) is 4. The largest absolute Gasteiger partial charge is 0.493 e. The summed E-state index contributed by atoms with van der Waals surface area (Å²) in [7, 11) is 6.18. The molecule has 2 aromatic rings. The van der Waals surface area contributed by atoms with Crippen LogP contribution in [0.3, 0.4) is 0 Å². The van der Waals surface area contributed by atoms with Gasteiger partial charge in [-0.3, -0.25) is 9.59 Å². The molecule has 0 saturated heterocycles. The van der Waals surface area contributed by atoms with E-state index in [1.165, 1.54) is 38.4 Å². The highest BCUT2D eigenvalue weighted by Crippen LogP contribution is 2.27.